The molecule has 0 spiro atoms. The first kappa shape index (κ1) is 10.3. The van der Waals surface area contributed by atoms with Crippen molar-refractivity contribution < 1.29 is 9.53 Å². The summed E-state index contributed by atoms with van der Waals surface area (Å²) in [6.07, 6.45) is 4.35. The molecule has 1 aliphatic carbocycles. The first-order valence-electron chi connectivity index (χ1n) is 5.99. The molecule has 1 N–H and O–H groups in total. The van der Waals surface area contributed by atoms with Crippen molar-refractivity contribution in [2.45, 2.75) is 31.8 Å². The Hall–Kier alpha value is -1.84. The number of rotatable bonds is 2. The van der Waals surface area contributed by atoms with Gasteiger partial charge in [-0.05, 0) is 31.7 Å². The third kappa shape index (κ3) is 1.90. The lowest BCUT2D eigenvalue weighted by molar-refractivity contribution is 0.0313. The SMILES string of the molecule is O=C(OC1CCCC1)c1n[nH]c2ccccc12. The van der Waals surface area contributed by atoms with Gasteiger partial charge in [-0.3, -0.25) is 5.10 Å². The molecule has 0 bridgehead atoms. The molecular weight excluding hydrogens is 216 g/mol. The molecule has 0 aliphatic heterocycles. The Bertz CT molecular complexity index is 541. The fourth-order valence-electron chi connectivity index (χ4n) is 2.33. The van der Waals surface area contributed by atoms with Gasteiger partial charge in [0.05, 0.1) is 5.52 Å². The van der Waals surface area contributed by atoms with Crippen LogP contribution in [0.3, 0.4) is 0 Å². The number of carbonyl (C=O) groups excluding carboxylic acids is 1. The zero-order valence-electron chi connectivity index (χ0n) is 9.48. The van der Waals surface area contributed by atoms with Gasteiger partial charge in [0.2, 0.25) is 0 Å². The fourth-order valence-corrected chi connectivity index (χ4v) is 2.33. The number of H-pyrrole nitrogens is 1. The van der Waals surface area contributed by atoms with Crippen molar-refractivity contribution in [2.75, 3.05) is 0 Å². The predicted molar refractivity (Wildman–Crippen MR) is 63.8 cm³/mol. The summed E-state index contributed by atoms with van der Waals surface area (Å²) in [6.45, 7) is 0. The zero-order chi connectivity index (χ0) is 11.7. The molecule has 0 unspecified atom stereocenters. The van der Waals surface area contributed by atoms with Crippen molar-refractivity contribution in [1.82, 2.24) is 10.2 Å². The van der Waals surface area contributed by atoms with Gasteiger partial charge in [-0.15, -0.1) is 0 Å². The molecule has 4 heteroatoms. The zero-order valence-corrected chi connectivity index (χ0v) is 9.48. The van der Waals surface area contributed by atoms with Crippen molar-refractivity contribution in [3.63, 3.8) is 0 Å². The van der Waals surface area contributed by atoms with Crippen LogP contribution in [0.1, 0.15) is 36.2 Å². The standard InChI is InChI=1S/C13H14N2O2/c16-13(17-9-5-1-2-6-9)12-10-7-3-4-8-11(10)14-15-12/h3-4,7-9H,1-2,5-6H2,(H,14,15). The normalized spacial score (nSPS) is 16.5. The minimum atomic E-state index is -0.311. The summed E-state index contributed by atoms with van der Waals surface area (Å²) in [5, 5.41) is 7.71. The monoisotopic (exact) mass is 230 g/mol. The van der Waals surface area contributed by atoms with Gasteiger partial charge in [0.1, 0.15) is 6.10 Å². The van der Waals surface area contributed by atoms with Crippen LogP contribution in [0.2, 0.25) is 0 Å². The van der Waals surface area contributed by atoms with E-state index in [1.807, 2.05) is 24.3 Å². The summed E-state index contributed by atoms with van der Waals surface area (Å²) in [6, 6.07) is 7.58. The van der Waals surface area contributed by atoms with E-state index in [1.54, 1.807) is 0 Å². The third-order valence-electron chi connectivity index (χ3n) is 3.24. The molecule has 0 radical (unpaired) electrons. The molecule has 17 heavy (non-hydrogen) atoms. The number of ether oxygens (including phenoxy) is 1. The van der Waals surface area contributed by atoms with Gasteiger partial charge in [0, 0.05) is 5.39 Å². The number of aromatic nitrogens is 2. The van der Waals surface area contributed by atoms with Gasteiger partial charge < -0.3 is 4.74 Å². The first-order valence-corrected chi connectivity index (χ1v) is 5.99. The average molecular weight is 230 g/mol. The Balaban J connectivity index is 1.85. The lowest BCUT2D eigenvalue weighted by atomic mass is 10.2. The van der Waals surface area contributed by atoms with Crippen molar-refractivity contribution in [1.29, 1.82) is 0 Å². The number of benzene rings is 1. The Morgan fingerprint density at radius 1 is 1.29 bits per heavy atom. The van der Waals surface area contributed by atoms with Crippen LogP contribution in [0.15, 0.2) is 24.3 Å². The summed E-state index contributed by atoms with van der Waals surface area (Å²) in [5.74, 6) is -0.311. The molecule has 4 nitrogen and oxygen atoms in total. The Kier molecular flexibility index (Phi) is 2.55. The van der Waals surface area contributed by atoms with E-state index >= 15 is 0 Å². The van der Waals surface area contributed by atoms with Crippen molar-refractivity contribution in [3.8, 4) is 0 Å². The number of esters is 1. The number of hydrogen-bond acceptors (Lipinski definition) is 3. The fraction of sp³-hybridized carbons (Fsp3) is 0.385. The van der Waals surface area contributed by atoms with E-state index in [9.17, 15) is 4.79 Å². The maximum Gasteiger partial charge on any atom is 0.359 e. The molecule has 2 aromatic rings. The maximum atomic E-state index is 12.0. The predicted octanol–water partition coefficient (Wildman–Crippen LogP) is 2.66. The second-order valence-corrected chi connectivity index (χ2v) is 4.43. The van der Waals surface area contributed by atoms with E-state index in [0.29, 0.717) is 5.69 Å². The van der Waals surface area contributed by atoms with Crippen LogP contribution in [-0.4, -0.2) is 22.3 Å². The number of aromatic amines is 1. The summed E-state index contributed by atoms with van der Waals surface area (Å²) < 4.78 is 5.44. The first-order chi connectivity index (χ1) is 8.34. The minimum absolute atomic E-state index is 0.0814. The number of carbonyl (C=O) groups is 1. The van der Waals surface area contributed by atoms with E-state index in [4.69, 9.17) is 4.74 Å². The number of nitrogens with one attached hydrogen (secondary N) is 1. The molecule has 0 amide bonds. The molecular formula is C13H14N2O2. The van der Waals surface area contributed by atoms with E-state index < -0.39 is 0 Å². The van der Waals surface area contributed by atoms with Crippen LogP contribution >= 0.6 is 0 Å². The summed E-state index contributed by atoms with van der Waals surface area (Å²) in [7, 11) is 0. The highest BCUT2D eigenvalue weighted by molar-refractivity contribution is 6.01. The largest absolute Gasteiger partial charge is 0.458 e. The molecule has 0 atom stereocenters. The highest BCUT2D eigenvalue weighted by Crippen LogP contribution is 2.23. The van der Waals surface area contributed by atoms with Gasteiger partial charge in [0.25, 0.3) is 0 Å². The summed E-state index contributed by atoms with van der Waals surface area (Å²) in [4.78, 5) is 12.0. The van der Waals surface area contributed by atoms with Gasteiger partial charge >= 0.3 is 5.97 Å². The van der Waals surface area contributed by atoms with E-state index in [0.717, 1.165) is 36.6 Å². The summed E-state index contributed by atoms with van der Waals surface area (Å²) in [5.41, 5.74) is 1.26. The molecule has 1 heterocycles. The van der Waals surface area contributed by atoms with Crippen molar-refractivity contribution in [3.05, 3.63) is 30.0 Å². The number of hydrogen-bond donors (Lipinski definition) is 1. The van der Waals surface area contributed by atoms with Crippen LogP contribution < -0.4 is 0 Å². The lowest BCUT2D eigenvalue weighted by Gasteiger charge is -2.09. The molecule has 1 aromatic carbocycles. The van der Waals surface area contributed by atoms with Gasteiger partial charge in [0.15, 0.2) is 5.69 Å². The topological polar surface area (TPSA) is 55.0 Å². The average Bonchev–Trinajstić information content (AvgIpc) is 2.96. The van der Waals surface area contributed by atoms with Crippen LogP contribution in [0.25, 0.3) is 10.9 Å². The third-order valence-corrected chi connectivity index (χ3v) is 3.24. The molecule has 0 saturated heterocycles. The Morgan fingerprint density at radius 2 is 2.06 bits per heavy atom. The van der Waals surface area contributed by atoms with Gasteiger partial charge in [-0.1, -0.05) is 18.2 Å². The highest BCUT2D eigenvalue weighted by atomic mass is 16.5. The maximum absolute atomic E-state index is 12.0. The van der Waals surface area contributed by atoms with Crippen molar-refractivity contribution in [2.24, 2.45) is 0 Å². The molecule has 1 saturated carbocycles. The van der Waals surface area contributed by atoms with Gasteiger partial charge in [-0.25, -0.2) is 4.79 Å². The second-order valence-electron chi connectivity index (χ2n) is 4.43. The van der Waals surface area contributed by atoms with Crippen LogP contribution in [-0.2, 0) is 4.74 Å². The highest BCUT2D eigenvalue weighted by Gasteiger charge is 2.22. The van der Waals surface area contributed by atoms with E-state index in [2.05, 4.69) is 10.2 Å². The number of fused-ring (bicyclic) bond motifs is 1. The second kappa shape index (κ2) is 4.20. The molecule has 1 fully saturated rings. The van der Waals surface area contributed by atoms with E-state index in [1.165, 1.54) is 0 Å². The lowest BCUT2D eigenvalue weighted by Crippen LogP contribution is -2.15. The Morgan fingerprint density at radius 3 is 2.88 bits per heavy atom. The van der Waals surface area contributed by atoms with Crippen LogP contribution in [0.4, 0.5) is 0 Å². The summed E-state index contributed by atoms with van der Waals surface area (Å²) >= 11 is 0. The van der Waals surface area contributed by atoms with Gasteiger partial charge in [-0.2, -0.15) is 5.10 Å². The molecule has 3 rings (SSSR count). The van der Waals surface area contributed by atoms with Crippen molar-refractivity contribution >= 4 is 16.9 Å². The smallest absolute Gasteiger partial charge is 0.359 e. The molecule has 1 aliphatic rings. The van der Waals surface area contributed by atoms with E-state index in [-0.39, 0.29) is 12.1 Å². The quantitative estimate of drug-likeness (QED) is 0.807. The number of nitrogens with zero attached hydrogens (tertiary/aromatic N) is 1. The molecule has 88 valence electrons. The Labute approximate surface area is 99.0 Å². The minimum Gasteiger partial charge on any atom is -0.458 e. The molecule has 1 aromatic heterocycles. The number of para-hydroxylation sites is 1. The van der Waals surface area contributed by atoms with Crippen LogP contribution in [0, 0.1) is 0 Å². The van der Waals surface area contributed by atoms with Crippen LogP contribution in [0.5, 0.6) is 0 Å².